The molecule has 0 heterocycles. The third-order valence-electron chi connectivity index (χ3n) is 1.75. The van der Waals surface area contributed by atoms with Gasteiger partial charge in [-0.25, -0.2) is 4.39 Å². The summed E-state index contributed by atoms with van der Waals surface area (Å²) in [5.74, 6) is -0.268. The minimum absolute atomic E-state index is 0.203. The van der Waals surface area contributed by atoms with Crippen LogP contribution in [0.2, 0.25) is 0 Å². The van der Waals surface area contributed by atoms with Crippen molar-refractivity contribution >= 4 is 5.69 Å². The molecule has 0 spiro atoms. The molecule has 0 aliphatic carbocycles. The summed E-state index contributed by atoms with van der Waals surface area (Å²) in [7, 11) is 0. The topological polar surface area (TPSA) is 35.8 Å². The van der Waals surface area contributed by atoms with Crippen LogP contribution in [0, 0.1) is 17.1 Å². The van der Waals surface area contributed by atoms with Crippen molar-refractivity contribution in [3.63, 3.8) is 0 Å². The van der Waals surface area contributed by atoms with E-state index in [4.69, 9.17) is 5.26 Å². The summed E-state index contributed by atoms with van der Waals surface area (Å²) in [6, 6.07) is 7.88. The first kappa shape index (κ1) is 9.53. The van der Waals surface area contributed by atoms with Crippen molar-refractivity contribution in [1.82, 2.24) is 0 Å². The highest BCUT2D eigenvalue weighted by atomic mass is 19.1. The zero-order valence-electron chi connectivity index (χ0n) is 7.42. The zero-order valence-corrected chi connectivity index (χ0v) is 7.42. The molecule has 13 heavy (non-hydrogen) atoms. The fourth-order valence-corrected chi connectivity index (χ4v) is 0.973. The Bertz CT molecular complexity index is 300. The maximum atomic E-state index is 12.5. The van der Waals surface area contributed by atoms with Crippen LogP contribution in [-0.2, 0) is 0 Å². The first-order valence-corrected chi connectivity index (χ1v) is 4.18. The van der Waals surface area contributed by atoms with Gasteiger partial charge in [0.1, 0.15) is 11.9 Å². The van der Waals surface area contributed by atoms with Crippen LogP contribution in [0.15, 0.2) is 24.3 Å². The second-order valence-corrected chi connectivity index (χ2v) is 2.74. The van der Waals surface area contributed by atoms with Gasteiger partial charge in [0.25, 0.3) is 0 Å². The minimum Gasteiger partial charge on any atom is -0.370 e. The number of benzene rings is 1. The Morgan fingerprint density at radius 1 is 1.46 bits per heavy atom. The number of nitriles is 1. The van der Waals surface area contributed by atoms with Gasteiger partial charge >= 0.3 is 0 Å². The van der Waals surface area contributed by atoms with Gasteiger partial charge in [-0.1, -0.05) is 6.92 Å². The molecule has 0 radical (unpaired) electrons. The second-order valence-electron chi connectivity index (χ2n) is 2.74. The van der Waals surface area contributed by atoms with E-state index in [1.807, 2.05) is 6.92 Å². The van der Waals surface area contributed by atoms with Gasteiger partial charge in [-0.15, -0.1) is 0 Å². The van der Waals surface area contributed by atoms with Gasteiger partial charge < -0.3 is 5.32 Å². The summed E-state index contributed by atoms with van der Waals surface area (Å²) >= 11 is 0. The van der Waals surface area contributed by atoms with Crippen molar-refractivity contribution in [3.05, 3.63) is 30.1 Å². The molecular formula is C10H11FN2. The van der Waals surface area contributed by atoms with Crippen molar-refractivity contribution in [1.29, 1.82) is 5.26 Å². The van der Waals surface area contributed by atoms with Crippen molar-refractivity contribution in [2.75, 3.05) is 5.32 Å². The number of nitrogens with one attached hydrogen (secondary N) is 1. The molecule has 1 unspecified atom stereocenters. The summed E-state index contributed by atoms with van der Waals surface area (Å²) in [5.41, 5.74) is 0.773. The lowest BCUT2D eigenvalue weighted by atomic mass is 10.2. The van der Waals surface area contributed by atoms with Crippen molar-refractivity contribution in [2.24, 2.45) is 0 Å². The highest BCUT2D eigenvalue weighted by Gasteiger charge is 2.02. The summed E-state index contributed by atoms with van der Waals surface area (Å²) in [6.45, 7) is 1.92. The third-order valence-corrected chi connectivity index (χ3v) is 1.75. The van der Waals surface area contributed by atoms with Gasteiger partial charge in [0.2, 0.25) is 0 Å². The molecule has 0 aliphatic heterocycles. The van der Waals surface area contributed by atoms with Crippen molar-refractivity contribution in [3.8, 4) is 6.07 Å². The Morgan fingerprint density at radius 3 is 2.54 bits per heavy atom. The molecule has 0 bridgehead atoms. The summed E-state index contributed by atoms with van der Waals surface area (Å²) in [5, 5.41) is 11.6. The molecular weight excluding hydrogens is 167 g/mol. The maximum Gasteiger partial charge on any atom is 0.123 e. The van der Waals surface area contributed by atoms with E-state index in [0.29, 0.717) is 0 Å². The molecule has 0 saturated carbocycles. The summed E-state index contributed by atoms with van der Waals surface area (Å²) in [6.07, 6.45) is 0.730. The normalized spacial score (nSPS) is 11.8. The van der Waals surface area contributed by atoms with E-state index in [9.17, 15) is 4.39 Å². The Kier molecular flexibility index (Phi) is 3.27. The van der Waals surface area contributed by atoms with E-state index >= 15 is 0 Å². The van der Waals surface area contributed by atoms with E-state index < -0.39 is 0 Å². The van der Waals surface area contributed by atoms with Gasteiger partial charge in [0.15, 0.2) is 0 Å². The van der Waals surface area contributed by atoms with E-state index in [2.05, 4.69) is 11.4 Å². The molecule has 2 nitrogen and oxygen atoms in total. The first-order chi connectivity index (χ1) is 6.26. The first-order valence-electron chi connectivity index (χ1n) is 4.18. The van der Waals surface area contributed by atoms with Gasteiger partial charge in [-0.05, 0) is 30.7 Å². The number of anilines is 1. The predicted molar refractivity (Wildman–Crippen MR) is 49.7 cm³/mol. The van der Waals surface area contributed by atoms with Crippen LogP contribution >= 0.6 is 0 Å². The quantitative estimate of drug-likeness (QED) is 0.772. The van der Waals surface area contributed by atoms with E-state index in [-0.39, 0.29) is 11.9 Å². The molecule has 0 fully saturated rings. The number of halogens is 1. The average Bonchev–Trinajstić information content (AvgIpc) is 2.17. The fourth-order valence-electron chi connectivity index (χ4n) is 0.973. The number of hydrogen-bond donors (Lipinski definition) is 1. The zero-order chi connectivity index (χ0) is 9.68. The Morgan fingerprint density at radius 2 is 2.08 bits per heavy atom. The molecule has 1 N–H and O–H groups in total. The highest BCUT2D eigenvalue weighted by molar-refractivity contribution is 5.44. The molecule has 1 aromatic carbocycles. The van der Waals surface area contributed by atoms with Crippen molar-refractivity contribution < 1.29 is 4.39 Å². The molecule has 0 aliphatic rings. The smallest absolute Gasteiger partial charge is 0.123 e. The molecule has 68 valence electrons. The van der Waals surface area contributed by atoms with Crippen LogP contribution < -0.4 is 5.32 Å². The third kappa shape index (κ3) is 2.75. The van der Waals surface area contributed by atoms with Crippen molar-refractivity contribution in [2.45, 2.75) is 19.4 Å². The number of hydrogen-bond acceptors (Lipinski definition) is 2. The lowest BCUT2D eigenvalue weighted by Crippen LogP contribution is -2.15. The Labute approximate surface area is 77.0 Å². The average molecular weight is 178 g/mol. The van der Waals surface area contributed by atoms with Gasteiger partial charge in [-0.3, -0.25) is 0 Å². The molecule has 3 heteroatoms. The summed E-state index contributed by atoms with van der Waals surface area (Å²) < 4.78 is 12.5. The van der Waals surface area contributed by atoms with E-state index in [0.717, 1.165) is 12.1 Å². The number of nitrogens with zero attached hydrogens (tertiary/aromatic N) is 1. The van der Waals surface area contributed by atoms with E-state index in [1.54, 1.807) is 12.1 Å². The van der Waals surface area contributed by atoms with Gasteiger partial charge in [-0.2, -0.15) is 5.26 Å². The highest BCUT2D eigenvalue weighted by Crippen LogP contribution is 2.10. The molecule has 0 saturated heterocycles. The van der Waals surface area contributed by atoms with E-state index in [1.165, 1.54) is 12.1 Å². The van der Waals surface area contributed by atoms with Gasteiger partial charge in [0.05, 0.1) is 6.07 Å². The monoisotopic (exact) mass is 178 g/mol. The molecule has 1 aromatic rings. The molecule has 1 atom stereocenters. The minimum atomic E-state index is -0.268. The second kappa shape index (κ2) is 4.46. The number of rotatable bonds is 3. The van der Waals surface area contributed by atoms with Crippen LogP contribution in [0.25, 0.3) is 0 Å². The van der Waals surface area contributed by atoms with Crippen LogP contribution in [0.4, 0.5) is 10.1 Å². The van der Waals surface area contributed by atoms with Crippen LogP contribution in [-0.4, -0.2) is 6.04 Å². The lowest BCUT2D eigenvalue weighted by Gasteiger charge is -2.09. The SMILES string of the molecule is CCC(C#N)Nc1ccc(F)cc1. The molecule has 0 amide bonds. The van der Waals surface area contributed by atoms with Crippen LogP contribution in [0.3, 0.4) is 0 Å². The maximum absolute atomic E-state index is 12.5. The fraction of sp³-hybridized carbons (Fsp3) is 0.300. The summed E-state index contributed by atoms with van der Waals surface area (Å²) in [4.78, 5) is 0. The lowest BCUT2D eigenvalue weighted by molar-refractivity contribution is 0.628. The van der Waals surface area contributed by atoms with Crippen LogP contribution in [0.1, 0.15) is 13.3 Å². The molecule has 1 rings (SSSR count). The Hall–Kier alpha value is -1.56. The Balaban J connectivity index is 2.64. The predicted octanol–water partition coefficient (Wildman–Crippen LogP) is 2.54. The molecule has 0 aromatic heterocycles. The standard InChI is InChI=1S/C10H11FN2/c1-2-9(7-12)13-10-5-3-8(11)4-6-10/h3-6,9,13H,2H2,1H3. The largest absolute Gasteiger partial charge is 0.370 e. The van der Waals surface area contributed by atoms with Gasteiger partial charge in [0, 0.05) is 5.69 Å². The van der Waals surface area contributed by atoms with Crippen LogP contribution in [0.5, 0.6) is 0 Å².